The Bertz CT molecular complexity index is 513. The first kappa shape index (κ1) is 12.1. The van der Waals surface area contributed by atoms with Crippen molar-refractivity contribution >= 4 is 11.6 Å². The van der Waals surface area contributed by atoms with E-state index >= 15 is 0 Å². The van der Waals surface area contributed by atoms with E-state index in [1.165, 1.54) is 0 Å². The summed E-state index contributed by atoms with van der Waals surface area (Å²) < 4.78 is 11.1. The lowest BCUT2D eigenvalue weighted by atomic mass is 10.0. The summed E-state index contributed by atoms with van der Waals surface area (Å²) in [6, 6.07) is 5.83. The van der Waals surface area contributed by atoms with Crippen LogP contribution in [0.1, 0.15) is 13.8 Å². The van der Waals surface area contributed by atoms with E-state index in [1.54, 1.807) is 0 Å². The highest BCUT2D eigenvalue weighted by Gasteiger charge is 2.31. The van der Waals surface area contributed by atoms with Crippen LogP contribution in [0.5, 0.6) is 11.5 Å². The molecule has 0 radical (unpaired) electrons. The summed E-state index contributed by atoms with van der Waals surface area (Å²) in [6.07, 6.45) is 0. The third-order valence-corrected chi connectivity index (χ3v) is 3.29. The predicted molar refractivity (Wildman–Crippen MR) is 71.9 cm³/mol. The molecule has 1 N–H and O–H groups in total. The number of hydrogen-bond donors (Lipinski definition) is 1. The molecule has 5 heteroatoms. The van der Waals surface area contributed by atoms with Gasteiger partial charge in [0.1, 0.15) is 13.2 Å². The number of rotatable bonds is 1. The number of anilines is 1. The number of benzene rings is 1. The van der Waals surface area contributed by atoms with E-state index in [0.29, 0.717) is 19.8 Å². The highest BCUT2D eigenvalue weighted by molar-refractivity contribution is 5.84. The van der Waals surface area contributed by atoms with Crippen LogP contribution in [-0.4, -0.2) is 37.7 Å². The predicted octanol–water partition coefficient (Wildman–Crippen LogP) is 1.17. The zero-order valence-corrected chi connectivity index (χ0v) is 11.2. The van der Waals surface area contributed by atoms with Gasteiger partial charge in [-0.3, -0.25) is 4.79 Å². The second kappa shape index (κ2) is 4.33. The van der Waals surface area contributed by atoms with Crippen LogP contribution in [0, 0.1) is 0 Å². The van der Waals surface area contributed by atoms with Gasteiger partial charge in [-0.15, -0.1) is 0 Å². The molecule has 0 aromatic heterocycles. The van der Waals surface area contributed by atoms with Crippen molar-refractivity contribution < 1.29 is 14.3 Å². The Kier molecular flexibility index (Phi) is 2.77. The van der Waals surface area contributed by atoms with Gasteiger partial charge >= 0.3 is 0 Å². The fourth-order valence-electron chi connectivity index (χ4n) is 2.57. The first-order valence-corrected chi connectivity index (χ1v) is 6.49. The summed E-state index contributed by atoms with van der Waals surface area (Å²) >= 11 is 0. The van der Waals surface area contributed by atoms with Gasteiger partial charge in [-0.25, -0.2) is 0 Å². The molecule has 1 aromatic rings. The van der Waals surface area contributed by atoms with Crippen LogP contribution >= 0.6 is 0 Å². The molecule has 0 aliphatic carbocycles. The lowest BCUT2D eigenvalue weighted by Gasteiger charge is -2.39. The second-order valence-corrected chi connectivity index (χ2v) is 5.62. The molecular formula is C14H18N2O3. The van der Waals surface area contributed by atoms with Crippen LogP contribution in [0.2, 0.25) is 0 Å². The summed E-state index contributed by atoms with van der Waals surface area (Å²) in [5, 5.41) is 2.98. The van der Waals surface area contributed by atoms with E-state index in [4.69, 9.17) is 9.47 Å². The van der Waals surface area contributed by atoms with Crippen molar-refractivity contribution in [3.05, 3.63) is 18.2 Å². The van der Waals surface area contributed by atoms with Gasteiger partial charge in [0.25, 0.3) is 0 Å². The molecule has 0 atom stereocenters. The fraction of sp³-hybridized carbons (Fsp3) is 0.500. The number of piperazine rings is 1. The first-order chi connectivity index (χ1) is 9.03. The maximum absolute atomic E-state index is 11.7. The van der Waals surface area contributed by atoms with E-state index in [0.717, 1.165) is 23.7 Å². The van der Waals surface area contributed by atoms with Crippen LogP contribution in [-0.2, 0) is 4.79 Å². The van der Waals surface area contributed by atoms with Crippen molar-refractivity contribution in [1.82, 2.24) is 5.32 Å². The van der Waals surface area contributed by atoms with E-state index < -0.39 is 0 Å². The van der Waals surface area contributed by atoms with Crippen LogP contribution in [0.25, 0.3) is 0 Å². The molecular weight excluding hydrogens is 244 g/mol. The number of nitrogens with zero attached hydrogens (tertiary/aromatic N) is 1. The number of ether oxygens (including phenoxy) is 2. The van der Waals surface area contributed by atoms with Gasteiger partial charge in [-0.05, 0) is 26.0 Å². The molecule has 0 unspecified atom stereocenters. The van der Waals surface area contributed by atoms with E-state index in [2.05, 4.69) is 10.2 Å². The highest BCUT2D eigenvalue weighted by Crippen LogP contribution is 2.34. The number of fused-ring (bicyclic) bond motifs is 1. The fourth-order valence-corrected chi connectivity index (χ4v) is 2.57. The molecule has 0 bridgehead atoms. The number of amides is 1. The molecule has 1 amide bonds. The Hall–Kier alpha value is -1.91. The standard InChI is InChI=1S/C14H18N2O3/c1-14(2)9-16(8-13(17)15-14)10-3-4-11-12(7-10)19-6-5-18-11/h3-4,7H,5-6,8-9H2,1-2H3,(H,15,17). The van der Waals surface area contributed by atoms with E-state index in [1.807, 2.05) is 32.0 Å². The molecule has 5 nitrogen and oxygen atoms in total. The van der Waals surface area contributed by atoms with Crippen molar-refractivity contribution in [2.24, 2.45) is 0 Å². The van der Waals surface area contributed by atoms with Crippen molar-refractivity contribution in [1.29, 1.82) is 0 Å². The third-order valence-electron chi connectivity index (χ3n) is 3.29. The Labute approximate surface area is 112 Å². The number of nitrogens with one attached hydrogen (secondary N) is 1. The summed E-state index contributed by atoms with van der Waals surface area (Å²) in [6.45, 7) is 6.36. The number of carbonyl (C=O) groups is 1. The van der Waals surface area contributed by atoms with E-state index in [9.17, 15) is 4.79 Å². The third kappa shape index (κ3) is 2.45. The smallest absolute Gasteiger partial charge is 0.239 e. The topological polar surface area (TPSA) is 50.8 Å². The quantitative estimate of drug-likeness (QED) is 0.825. The lowest BCUT2D eigenvalue weighted by molar-refractivity contribution is -0.122. The SMILES string of the molecule is CC1(C)CN(c2ccc3c(c2)OCCO3)CC(=O)N1. The minimum absolute atomic E-state index is 0.0474. The van der Waals surface area contributed by atoms with Gasteiger partial charge in [-0.1, -0.05) is 0 Å². The largest absolute Gasteiger partial charge is 0.486 e. The molecule has 0 saturated carbocycles. The van der Waals surface area contributed by atoms with Crippen LogP contribution in [0.3, 0.4) is 0 Å². The molecule has 1 fully saturated rings. The van der Waals surface area contributed by atoms with Crippen LogP contribution in [0.4, 0.5) is 5.69 Å². The molecule has 1 aromatic carbocycles. The Morgan fingerprint density at radius 2 is 1.95 bits per heavy atom. The molecule has 1 saturated heterocycles. The molecule has 19 heavy (non-hydrogen) atoms. The molecule has 102 valence electrons. The minimum Gasteiger partial charge on any atom is -0.486 e. The Morgan fingerprint density at radius 3 is 2.68 bits per heavy atom. The second-order valence-electron chi connectivity index (χ2n) is 5.62. The molecule has 2 aliphatic rings. The van der Waals surface area contributed by atoms with Gasteiger partial charge in [0.15, 0.2) is 11.5 Å². The van der Waals surface area contributed by atoms with Crippen molar-refractivity contribution in [3.8, 4) is 11.5 Å². The Morgan fingerprint density at radius 1 is 1.21 bits per heavy atom. The monoisotopic (exact) mass is 262 g/mol. The lowest BCUT2D eigenvalue weighted by Crippen LogP contribution is -2.60. The van der Waals surface area contributed by atoms with Gasteiger partial charge < -0.3 is 19.7 Å². The normalized spacial score (nSPS) is 20.9. The minimum atomic E-state index is -0.220. The van der Waals surface area contributed by atoms with Gasteiger partial charge in [-0.2, -0.15) is 0 Å². The first-order valence-electron chi connectivity index (χ1n) is 6.49. The summed E-state index contributed by atoms with van der Waals surface area (Å²) in [5.41, 5.74) is 0.773. The van der Waals surface area contributed by atoms with Gasteiger partial charge in [0.05, 0.1) is 12.1 Å². The molecule has 2 heterocycles. The summed E-state index contributed by atoms with van der Waals surface area (Å²) in [4.78, 5) is 13.8. The highest BCUT2D eigenvalue weighted by atomic mass is 16.6. The average molecular weight is 262 g/mol. The van der Waals surface area contributed by atoms with Gasteiger partial charge in [0, 0.05) is 18.3 Å². The maximum atomic E-state index is 11.7. The zero-order valence-electron chi connectivity index (χ0n) is 11.2. The average Bonchev–Trinajstić information content (AvgIpc) is 2.36. The zero-order chi connectivity index (χ0) is 13.5. The van der Waals surface area contributed by atoms with Crippen molar-refractivity contribution in [3.63, 3.8) is 0 Å². The van der Waals surface area contributed by atoms with Crippen molar-refractivity contribution in [2.75, 3.05) is 31.2 Å². The molecule has 0 spiro atoms. The number of carbonyl (C=O) groups excluding carboxylic acids is 1. The van der Waals surface area contributed by atoms with E-state index in [-0.39, 0.29) is 11.4 Å². The summed E-state index contributed by atoms with van der Waals surface area (Å²) in [7, 11) is 0. The van der Waals surface area contributed by atoms with Crippen molar-refractivity contribution in [2.45, 2.75) is 19.4 Å². The van der Waals surface area contributed by atoms with Crippen LogP contribution < -0.4 is 19.7 Å². The maximum Gasteiger partial charge on any atom is 0.239 e. The summed E-state index contributed by atoms with van der Waals surface area (Å²) in [5.74, 6) is 1.58. The van der Waals surface area contributed by atoms with Gasteiger partial charge in [0.2, 0.25) is 5.91 Å². The van der Waals surface area contributed by atoms with Crippen LogP contribution in [0.15, 0.2) is 18.2 Å². The molecule has 3 rings (SSSR count). The molecule has 2 aliphatic heterocycles. The Balaban J connectivity index is 1.87. The number of hydrogen-bond acceptors (Lipinski definition) is 4.